The van der Waals surface area contributed by atoms with Gasteiger partial charge in [0.05, 0.1) is 11.6 Å². The molecule has 0 aromatic heterocycles. The molecule has 0 fully saturated rings. The number of oxime groups is 1. The van der Waals surface area contributed by atoms with Gasteiger partial charge in [-0.2, -0.15) is 0 Å². The third-order valence-corrected chi connectivity index (χ3v) is 3.57. The van der Waals surface area contributed by atoms with Crippen LogP contribution in [0.2, 0.25) is 0 Å². The number of benzene rings is 2. The zero-order valence-corrected chi connectivity index (χ0v) is 12.6. The van der Waals surface area contributed by atoms with Crippen molar-refractivity contribution in [2.45, 2.75) is 9.71 Å². The third-order valence-electron chi connectivity index (χ3n) is 2.91. The Morgan fingerprint density at radius 3 is 1.85 bits per heavy atom. The van der Waals surface area contributed by atoms with Gasteiger partial charge in [-0.25, -0.2) is 0 Å². The van der Waals surface area contributed by atoms with Gasteiger partial charge in [0, 0.05) is 5.56 Å². The van der Waals surface area contributed by atoms with Crippen molar-refractivity contribution in [1.82, 2.24) is 0 Å². The Balaban J connectivity index is 2.52. The molecule has 104 valence electrons. The van der Waals surface area contributed by atoms with E-state index >= 15 is 0 Å². The van der Waals surface area contributed by atoms with Crippen LogP contribution in [-0.2, 0) is 0 Å². The molecule has 0 heterocycles. The molecule has 20 heavy (non-hydrogen) atoms. The monoisotopic (exact) mass is 327 g/mol. The van der Waals surface area contributed by atoms with E-state index in [2.05, 4.69) is 5.16 Å². The summed E-state index contributed by atoms with van der Waals surface area (Å²) in [6, 6.07) is 18.4. The quantitative estimate of drug-likeness (QED) is 0.365. The normalized spacial score (nSPS) is 14.1. The molecule has 0 aliphatic carbocycles. The predicted octanol–water partition coefficient (Wildman–Crippen LogP) is 5.02. The average molecular weight is 329 g/mol. The molecule has 1 N–H and O–H groups in total. The highest BCUT2D eigenvalue weighted by molar-refractivity contribution is 6.69. The fraction of sp³-hybridized carbons (Fsp3) is 0.133. The van der Waals surface area contributed by atoms with E-state index in [0.717, 1.165) is 5.56 Å². The summed E-state index contributed by atoms with van der Waals surface area (Å²) in [7, 11) is 0. The summed E-state index contributed by atoms with van der Waals surface area (Å²) in [5, 5.41) is 12.8. The first kappa shape index (κ1) is 15.2. The van der Waals surface area contributed by atoms with Gasteiger partial charge in [0.2, 0.25) is 3.79 Å². The van der Waals surface area contributed by atoms with Gasteiger partial charge in [0.25, 0.3) is 0 Å². The fourth-order valence-corrected chi connectivity index (χ4v) is 2.73. The summed E-state index contributed by atoms with van der Waals surface area (Å²) >= 11 is 18.3. The molecule has 0 aliphatic rings. The van der Waals surface area contributed by atoms with Crippen molar-refractivity contribution in [3.63, 3.8) is 0 Å². The molecule has 5 heteroatoms. The molecule has 2 nitrogen and oxygen atoms in total. The van der Waals surface area contributed by atoms with Gasteiger partial charge in [0.15, 0.2) is 0 Å². The second-order valence-electron chi connectivity index (χ2n) is 4.24. The van der Waals surface area contributed by atoms with Gasteiger partial charge in [-0.1, -0.05) is 101 Å². The van der Waals surface area contributed by atoms with Crippen LogP contribution in [0, 0.1) is 0 Å². The number of halogens is 3. The molecule has 0 spiro atoms. The molecule has 2 aromatic rings. The third kappa shape index (κ3) is 3.45. The van der Waals surface area contributed by atoms with Gasteiger partial charge in [-0.05, 0) is 5.56 Å². The molecule has 0 unspecified atom stereocenters. The van der Waals surface area contributed by atoms with E-state index in [4.69, 9.17) is 34.8 Å². The Labute approximate surface area is 132 Å². The first-order chi connectivity index (χ1) is 9.54. The Kier molecular flexibility index (Phi) is 4.92. The lowest BCUT2D eigenvalue weighted by Crippen LogP contribution is -2.26. The summed E-state index contributed by atoms with van der Waals surface area (Å²) in [6.07, 6.45) is 0. The van der Waals surface area contributed by atoms with E-state index in [1.165, 1.54) is 0 Å². The zero-order valence-electron chi connectivity index (χ0n) is 10.4. The van der Waals surface area contributed by atoms with Crippen molar-refractivity contribution in [2.75, 3.05) is 0 Å². The molecule has 0 amide bonds. The van der Waals surface area contributed by atoms with Crippen LogP contribution in [-0.4, -0.2) is 14.7 Å². The number of hydrogen-bond donors (Lipinski definition) is 1. The minimum atomic E-state index is -1.63. The van der Waals surface area contributed by atoms with E-state index in [0.29, 0.717) is 11.3 Å². The molecule has 1 atom stereocenters. The number of hydrogen-bond acceptors (Lipinski definition) is 2. The van der Waals surface area contributed by atoms with Crippen LogP contribution in [0.1, 0.15) is 17.0 Å². The molecular formula is C15H12Cl3NO. The standard InChI is InChI=1S/C15H12Cl3NO/c16-15(17,18)13(11-7-3-1-4-8-11)14(19-20)12-9-5-2-6-10-12/h1-10,13,20H/b19-14+/t13-/m0/s1. The van der Waals surface area contributed by atoms with Gasteiger partial charge in [-0.15, -0.1) is 0 Å². The van der Waals surface area contributed by atoms with Crippen molar-refractivity contribution in [3.05, 3.63) is 71.8 Å². The van der Waals surface area contributed by atoms with Crippen molar-refractivity contribution in [3.8, 4) is 0 Å². The first-order valence-electron chi connectivity index (χ1n) is 5.93. The van der Waals surface area contributed by atoms with Crippen molar-refractivity contribution in [1.29, 1.82) is 0 Å². The summed E-state index contributed by atoms with van der Waals surface area (Å²) in [4.78, 5) is 0. The SMILES string of the molecule is O/N=C(\c1ccccc1)[C@H](c1ccccc1)C(Cl)(Cl)Cl. The molecule has 0 radical (unpaired) electrons. The molecule has 0 bridgehead atoms. The summed E-state index contributed by atoms with van der Waals surface area (Å²) in [6.45, 7) is 0. The van der Waals surface area contributed by atoms with Gasteiger partial charge in [0.1, 0.15) is 0 Å². The van der Waals surface area contributed by atoms with E-state index < -0.39 is 9.71 Å². The van der Waals surface area contributed by atoms with E-state index in [-0.39, 0.29) is 0 Å². The van der Waals surface area contributed by atoms with Crippen LogP contribution >= 0.6 is 34.8 Å². The highest BCUT2D eigenvalue weighted by Crippen LogP contribution is 2.43. The average Bonchev–Trinajstić information content (AvgIpc) is 2.45. The maximum Gasteiger partial charge on any atom is 0.203 e. The maximum atomic E-state index is 9.39. The van der Waals surface area contributed by atoms with E-state index in [1.807, 2.05) is 48.5 Å². The Morgan fingerprint density at radius 2 is 1.40 bits per heavy atom. The van der Waals surface area contributed by atoms with Gasteiger partial charge in [-0.3, -0.25) is 0 Å². The molecule has 0 saturated carbocycles. The highest BCUT2D eigenvalue weighted by Gasteiger charge is 2.38. The fourth-order valence-electron chi connectivity index (χ4n) is 2.04. The second kappa shape index (κ2) is 6.49. The number of alkyl halides is 3. The van der Waals surface area contributed by atoms with E-state index in [1.54, 1.807) is 12.1 Å². The van der Waals surface area contributed by atoms with Crippen molar-refractivity contribution < 1.29 is 5.21 Å². The predicted molar refractivity (Wildman–Crippen MR) is 84.2 cm³/mol. The Hall–Kier alpha value is -1.22. The highest BCUT2D eigenvalue weighted by atomic mass is 35.6. The smallest absolute Gasteiger partial charge is 0.203 e. The summed E-state index contributed by atoms with van der Waals surface area (Å²) in [5.41, 5.74) is 1.79. The lowest BCUT2D eigenvalue weighted by Gasteiger charge is -2.25. The van der Waals surface area contributed by atoms with Crippen LogP contribution in [0.3, 0.4) is 0 Å². The lowest BCUT2D eigenvalue weighted by molar-refractivity contribution is 0.317. The molecule has 0 aliphatic heterocycles. The summed E-state index contributed by atoms with van der Waals surface area (Å²) in [5.74, 6) is -0.666. The van der Waals surface area contributed by atoms with E-state index in [9.17, 15) is 5.21 Å². The summed E-state index contributed by atoms with van der Waals surface area (Å²) < 4.78 is -1.63. The molecule has 0 saturated heterocycles. The zero-order chi connectivity index (χ0) is 14.6. The van der Waals surface area contributed by atoms with Gasteiger partial charge < -0.3 is 5.21 Å². The van der Waals surface area contributed by atoms with Crippen LogP contribution in [0.5, 0.6) is 0 Å². The second-order valence-corrected chi connectivity index (χ2v) is 6.61. The van der Waals surface area contributed by atoms with Crippen LogP contribution in [0.25, 0.3) is 0 Å². The lowest BCUT2D eigenvalue weighted by atomic mass is 9.91. The van der Waals surface area contributed by atoms with Crippen LogP contribution in [0.15, 0.2) is 65.8 Å². The van der Waals surface area contributed by atoms with Crippen molar-refractivity contribution in [2.24, 2.45) is 5.16 Å². The number of nitrogens with zero attached hydrogens (tertiary/aromatic N) is 1. The Morgan fingerprint density at radius 1 is 0.900 bits per heavy atom. The topological polar surface area (TPSA) is 32.6 Å². The Bertz CT molecular complexity index is 579. The number of rotatable bonds is 3. The van der Waals surface area contributed by atoms with Crippen LogP contribution in [0.4, 0.5) is 0 Å². The minimum absolute atomic E-state index is 0.316. The molecule has 2 rings (SSSR count). The maximum absolute atomic E-state index is 9.39. The minimum Gasteiger partial charge on any atom is -0.411 e. The molecule has 2 aromatic carbocycles. The largest absolute Gasteiger partial charge is 0.411 e. The first-order valence-corrected chi connectivity index (χ1v) is 7.06. The van der Waals surface area contributed by atoms with Crippen LogP contribution < -0.4 is 0 Å². The van der Waals surface area contributed by atoms with Crippen molar-refractivity contribution >= 4 is 40.5 Å². The molecular weight excluding hydrogens is 317 g/mol. The van der Waals surface area contributed by atoms with Gasteiger partial charge >= 0.3 is 0 Å².